The Kier molecular flexibility index (Phi) is 8.52. The number of aryl methyl sites for hydroxylation is 1. The predicted octanol–water partition coefficient (Wildman–Crippen LogP) is 2.09. The maximum atomic E-state index is 13.1. The third-order valence-corrected chi connectivity index (χ3v) is 7.10. The van der Waals surface area contributed by atoms with E-state index in [1.165, 1.54) is 19.2 Å². The molecule has 0 bridgehead atoms. The summed E-state index contributed by atoms with van der Waals surface area (Å²) < 4.78 is 44.7. The van der Waals surface area contributed by atoms with Crippen LogP contribution in [0.25, 0.3) is 0 Å². The Morgan fingerprint density at radius 1 is 1.12 bits per heavy atom. The molecule has 1 saturated heterocycles. The van der Waals surface area contributed by atoms with Gasteiger partial charge in [-0.3, -0.25) is 9.69 Å². The summed E-state index contributed by atoms with van der Waals surface area (Å²) in [6.45, 7) is 8.43. The van der Waals surface area contributed by atoms with Crippen LogP contribution < -0.4 is 14.8 Å². The molecule has 2 heterocycles. The van der Waals surface area contributed by atoms with E-state index in [2.05, 4.69) is 14.9 Å². The number of amides is 1. The number of hydrogen-bond acceptors (Lipinski definition) is 7. The van der Waals surface area contributed by atoms with Gasteiger partial charge in [0.25, 0.3) is 0 Å². The van der Waals surface area contributed by atoms with Crippen LogP contribution in [-0.4, -0.2) is 65.2 Å². The fourth-order valence-electron chi connectivity index (χ4n) is 3.72. The van der Waals surface area contributed by atoms with Crippen molar-refractivity contribution >= 4 is 15.9 Å². The summed E-state index contributed by atoms with van der Waals surface area (Å²) in [4.78, 5) is 15.4. The van der Waals surface area contributed by atoms with Gasteiger partial charge in [0.15, 0.2) is 0 Å². The predicted molar refractivity (Wildman–Crippen MR) is 124 cm³/mol. The topological polar surface area (TPSA) is 110 Å². The van der Waals surface area contributed by atoms with Crippen molar-refractivity contribution in [3.8, 4) is 5.75 Å². The number of benzene rings is 1. The molecule has 0 radical (unpaired) electrons. The number of nitrogens with zero attached hydrogens (tertiary/aromatic N) is 1. The SMILES string of the molecule is COc1ccc(S(=O)(=O)N[C@H](C(=O)NCC(c2ccc(C)o2)N2CCOCC2)C(C)C)cc1. The van der Waals surface area contributed by atoms with Crippen molar-refractivity contribution in [2.24, 2.45) is 5.92 Å². The second-order valence-electron chi connectivity index (χ2n) is 8.38. The molecule has 9 nitrogen and oxygen atoms in total. The van der Waals surface area contributed by atoms with Crippen molar-refractivity contribution < 1.29 is 27.1 Å². The van der Waals surface area contributed by atoms with Crippen LogP contribution in [0.1, 0.15) is 31.4 Å². The van der Waals surface area contributed by atoms with E-state index in [9.17, 15) is 13.2 Å². The van der Waals surface area contributed by atoms with E-state index < -0.39 is 16.1 Å². The summed E-state index contributed by atoms with van der Waals surface area (Å²) in [5.74, 6) is 1.46. The smallest absolute Gasteiger partial charge is 0.241 e. The zero-order valence-electron chi connectivity index (χ0n) is 19.5. The minimum Gasteiger partial charge on any atom is -0.497 e. The second-order valence-corrected chi connectivity index (χ2v) is 10.1. The minimum atomic E-state index is -3.89. The van der Waals surface area contributed by atoms with Gasteiger partial charge in [0.05, 0.1) is 31.3 Å². The Morgan fingerprint density at radius 3 is 2.33 bits per heavy atom. The molecule has 1 amide bonds. The van der Waals surface area contributed by atoms with Crippen LogP contribution in [0, 0.1) is 12.8 Å². The number of carbonyl (C=O) groups is 1. The summed E-state index contributed by atoms with van der Waals surface area (Å²) >= 11 is 0. The largest absolute Gasteiger partial charge is 0.497 e. The van der Waals surface area contributed by atoms with Crippen LogP contribution in [0.4, 0.5) is 0 Å². The van der Waals surface area contributed by atoms with Gasteiger partial charge in [-0.05, 0) is 49.2 Å². The number of hydrogen-bond donors (Lipinski definition) is 2. The van der Waals surface area contributed by atoms with E-state index in [4.69, 9.17) is 13.9 Å². The molecule has 1 aliphatic rings. The van der Waals surface area contributed by atoms with E-state index in [0.717, 1.165) is 24.6 Å². The van der Waals surface area contributed by atoms with Crippen molar-refractivity contribution in [2.75, 3.05) is 40.0 Å². The summed E-state index contributed by atoms with van der Waals surface area (Å²) in [5, 5.41) is 2.93. The molecular weight excluding hydrogens is 446 g/mol. The van der Waals surface area contributed by atoms with Gasteiger partial charge < -0.3 is 19.2 Å². The summed E-state index contributed by atoms with van der Waals surface area (Å²) in [5.41, 5.74) is 0. The Bertz CT molecular complexity index is 1010. The molecule has 2 aromatic rings. The van der Waals surface area contributed by atoms with E-state index in [1.807, 2.05) is 19.1 Å². The number of ether oxygens (including phenoxy) is 2. The van der Waals surface area contributed by atoms with E-state index in [-0.39, 0.29) is 22.8 Å². The van der Waals surface area contributed by atoms with E-state index in [1.54, 1.807) is 26.0 Å². The molecule has 2 atom stereocenters. The fourth-order valence-corrected chi connectivity index (χ4v) is 5.06. The van der Waals surface area contributed by atoms with Gasteiger partial charge in [0.1, 0.15) is 23.3 Å². The van der Waals surface area contributed by atoms with Crippen LogP contribution in [0.3, 0.4) is 0 Å². The first-order chi connectivity index (χ1) is 15.7. The molecular formula is C23H33N3O6S. The number of methoxy groups -OCH3 is 1. The number of sulfonamides is 1. The molecule has 3 rings (SSSR count). The van der Waals surface area contributed by atoms with Gasteiger partial charge in [-0.1, -0.05) is 13.8 Å². The highest BCUT2D eigenvalue weighted by molar-refractivity contribution is 7.89. The monoisotopic (exact) mass is 479 g/mol. The van der Waals surface area contributed by atoms with Gasteiger partial charge in [0, 0.05) is 19.6 Å². The first kappa shape index (κ1) is 25.2. The molecule has 33 heavy (non-hydrogen) atoms. The summed E-state index contributed by atoms with van der Waals surface area (Å²) in [7, 11) is -2.39. The molecule has 1 aromatic carbocycles. The van der Waals surface area contributed by atoms with Crippen molar-refractivity contribution in [3.63, 3.8) is 0 Å². The number of nitrogens with one attached hydrogen (secondary N) is 2. The highest BCUT2D eigenvalue weighted by Gasteiger charge is 2.31. The van der Waals surface area contributed by atoms with Gasteiger partial charge in [-0.15, -0.1) is 0 Å². The van der Waals surface area contributed by atoms with Crippen LogP contribution in [0.5, 0.6) is 5.75 Å². The molecule has 1 fully saturated rings. The van der Waals surface area contributed by atoms with Crippen LogP contribution >= 0.6 is 0 Å². The zero-order chi connectivity index (χ0) is 24.0. The maximum absolute atomic E-state index is 13.1. The van der Waals surface area contributed by atoms with Crippen molar-refractivity contribution in [1.82, 2.24) is 14.9 Å². The molecule has 182 valence electrons. The average Bonchev–Trinajstić information content (AvgIpc) is 3.24. The Balaban J connectivity index is 1.71. The first-order valence-electron chi connectivity index (χ1n) is 11.0. The van der Waals surface area contributed by atoms with Crippen LogP contribution in [-0.2, 0) is 19.6 Å². The van der Waals surface area contributed by atoms with Gasteiger partial charge >= 0.3 is 0 Å². The molecule has 1 aliphatic heterocycles. The average molecular weight is 480 g/mol. The number of morpholine rings is 1. The molecule has 0 aliphatic carbocycles. The van der Waals surface area contributed by atoms with Crippen molar-refractivity contribution in [2.45, 2.75) is 37.8 Å². The Morgan fingerprint density at radius 2 is 1.79 bits per heavy atom. The van der Waals surface area contributed by atoms with Crippen LogP contribution in [0.2, 0.25) is 0 Å². The molecule has 1 unspecified atom stereocenters. The lowest BCUT2D eigenvalue weighted by Crippen LogP contribution is -2.51. The Hall–Kier alpha value is -2.40. The third-order valence-electron chi connectivity index (χ3n) is 5.65. The van der Waals surface area contributed by atoms with Crippen LogP contribution in [0.15, 0.2) is 45.7 Å². The summed E-state index contributed by atoms with van der Waals surface area (Å²) in [6, 6.07) is 8.74. The first-order valence-corrected chi connectivity index (χ1v) is 12.5. The minimum absolute atomic E-state index is 0.0685. The normalized spacial score (nSPS) is 17.0. The van der Waals surface area contributed by atoms with Gasteiger partial charge in [-0.2, -0.15) is 4.72 Å². The lowest BCUT2D eigenvalue weighted by atomic mass is 10.0. The molecule has 10 heteroatoms. The van der Waals surface area contributed by atoms with Gasteiger partial charge in [0.2, 0.25) is 15.9 Å². The zero-order valence-corrected chi connectivity index (χ0v) is 20.4. The van der Waals surface area contributed by atoms with E-state index in [0.29, 0.717) is 25.5 Å². The molecule has 2 N–H and O–H groups in total. The number of furan rings is 1. The van der Waals surface area contributed by atoms with E-state index >= 15 is 0 Å². The number of rotatable bonds is 10. The second kappa shape index (κ2) is 11.1. The molecule has 0 spiro atoms. The lowest BCUT2D eigenvalue weighted by Gasteiger charge is -2.34. The highest BCUT2D eigenvalue weighted by Crippen LogP contribution is 2.24. The number of carbonyl (C=O) groups excluding carboxylic acids is 1. The Labute approximate surface area is 195 Å². The standard InChI is InChI=1S/C23H33N3O6S/c1-16(2)22(25-33(28,29)19-8-6-18(30-4)7-9-19)23(27)24-15-20(21-10-5-17(3)32-21)26-11-13-31-14-12-26/h5-10,16,20,22,25H,11-15H2,1-4H3,(H,24,27)/t20?,22-/m0/s1. The van der Waals surface area contributed by atoms with Crippen molar-refractivity contribution in [3.05, 3.63) is 47.9 Å². The highest BCUT2D eigenvalue weighted by atomic mass is 32.2. The quantitative estimate of drug-likeness (QED) is 0.537. The van der Waals surface area contributed by atoms with Crippen molar-refractivity contribution in [1.29, 1.82) is 0 Å². The lowest BCUT2D eigenvalue weighted by molar-refractivity contribution is -0.124. The third kappa shape index (κ3) is 6.57. The molecule has 0 saturated carbocycles. The summed E-state index contributed by atoms with van der Waals surface area (Å²) in [6.07, 6.45) is 0. The molecule has 1 aromatic heterocycles. The maximum Gasteiger partial charge on any atom is 0.241 e. The fraction of sp³-hybridized carbons (Fsp3) is 0.522. The van der Waals surface area contributed by atoms with Gasteiger partial charge in [-0.25, -0.2) is 8.42 Å².